The Morgan fingerprint density at radius 2 is 0.768 bits per heavy atom. The van der Waals surface area contributed by atoms with Crippen LogP contribution < -0.4 is 5.32 Å². The fourth-order valence-electron chi connectivity index (χ4n) is 9.75. The molecule has 1 fully saturated rings. The standard InChI is InChI=1S/C73H123NO8/c1-3-5-7-9-11-13-15-17-19-21-23-25-26-27-28-29-30-31-32-33-34-35-36-37-38-39-40-41-42-43-45-47-49-51-53-55-57-59-61-63-69(77)74-66(65-81-73-72(80)71(79)70(78)68(64-75)82-73)67(76)62-60-58-56-54-52-50-48-46-44-24-22-20-18-16-14-12-10-8-6-4-2/h5,7,11,13,17,19,23,25,27-28,30-31,33-34,36-37,39-40,52,54,60,62,66-68,70-73,75-76,78-80H,3-4,6,8-10,12,14-16,18,20-22,24,26,29,32,35,38,41-51,53,55-59,61,63-65H2,1-2H3,(H,74,77)/b7-5-,13-11-,19-17-,25-23-,28-27-,31-30-,34-33-,37-36-,40-39-,54-52+,62-60+. The molecule has 1 heterocycles. The predicted molar refractivity (Wildman–Crippen MR) is 350 cm³/mol. The van der Waals surface area contributed by atoms with Gasteiger partial charge in [0, 0.05) is 6.42 Å². The Labute approximate surface area is 502 Å². The van der Waals surface area contributed by atoms with Gasteiger partial charge in [0.05, 0.1) is 25.4 Å². The molecule has 0 aromatic heterocycles. The van der Waals surface area contributed by atoms with Crippen molar-refractivity contribution in [1.82, 2.24) is 5.32 Å². The number of allylic oxidation sites excluding steroid dienone is 21. The molecule has 1 amide bonds. The van der Waals surface area contributed by atoms with Crippen molar-refractivity contribution in [3.63, 3.8) is 0 Å². The summed E-state index contributed by atoms with van der Waals surface area (Å²) in [7, 11) is 0. The first-order chi connectivity index (χ1) is 40.3. The highest BCUT2D eigenvalue weighted by Gasteiger charge is 2.44. The number of rotatable bonds is 56. The number of hydrogen-bond acceptors (Lipinski definition) is 8. The van der Waals surface area contributed by atoms with Crippen LogP contribution in [0.3, 0.4) is 0 Å². The number of aliphatic hydroxyl groups excluding tert-OH is 5. The summed E-state index contributed by atoms with van der Waals surface area (Å²) < 4.78 is 11.3. The minimum absolute atomic E-state index is 0.194. The minimum Gasteiger partial charge on any atom is -0.394 e. The largest absolute Gasteiger partial charge is 0.394 e. The average Bonchev–Trinajstić information content (AvgIpc) is 3.52. The molecule has 0 aromatic carbocycles. The number of aliphatic hydroxyl groups is 5. The maximum Gasteiger partial charge on any atom is 0.220 e. The van der Waals surface area contributed by atoms with Crippen molar-refractivity contribution >= 4 is 5.91 Å². The molecule has 7 atom stereocenters. The third kappa shape index (κ3) is 48.7. The van der Waals surface area contributed by atoms with Crippen LogP contribution in [0.2, 0.25) is 0 Å². The topological polar surface area (TPSA) is 149 Å². The van der Waals surface area contributed by atoms with Crippen LogP contribution in [0.25, 0.3) is 0 Å². The molecule has 0 aliphatic carbocycles. The third-order valence-corrected chi connectivity index (χ3v) is 15.0. The van der Waals surface area contributed by atoms with Crippen molar-refractivity contribution in [2.75, 3.05) is 13.2 Å². The summed E-state index contributed by atoms with van der Waals surface area (Å²) in [5.41, 5.74) is 0. The van der Waals surface area contributed by atoms with Crippen LogP contribution in [0.1, 0.15) is 264 Å². The molecular formula is C73H123NO8. The van der Waals surface area contributed by atoms with Crippen LogP contribution in [-0.4, -0.2) is 87.5 Å². The van der Waals surface area contributed by atoms with Gasteiger partial charge >= 0.3 is 0 Å². The smallest absolute Gasteiger partial charge is 0.220 e. The van der Waals surface area contributed by atoms with Crippen LogP contribution in [0, 0.1) is 0 Å². The van der Waals surface area contributed by atoms with E-state index in [0.717, 1.165) is 109 Å². The Bertz CT molecular complexity index is 1750. The van der Waals surface area contributed by atoms with Crippen molar-refractivity contribution in [2.45, 2.75) is 307 Å². The second kappa shape index (κ2) is 60.5. The SMILES string of the molecule is CC/C=C\C/C=C\C/C=C\C/C=C\C/C=C\C/C=C\C/C=C\C/C=C\C/C=C\CCCCCCCCCCCCCC(=O)NC(COC1OC(CO)C(O)C(O)C1O)C(O)/C=C/CC/C=C/CCCCCCCCCCCCCCCC. The fourth-order valence-corrected chi connectivity index (χ4v) is 9.75. The van der Waals surface area contributed by atoms with Gasteiger partial charge in [-0.15, -0.1) is 0 Å². The molecule has 82 heavy (non-hydrogen) atoms. The first kappa shape index (κ1) is 76.3. The first-order valence-corrected chi connectivity index (χ1v) is 33.4. The molecule has 6 N–H and O–H groups in total. The Hall–Kier alpha value is -3.67. The van der Waals surface area contributed by atoms with Gasteiger partial charge in [-0.1, -0.05) is 289 Å². The Morgan fingerprint density at radius 1 is 0.427 bits per heavy atom. The summed E-state index contributed by atoms with van der Waals surface area (Å²) in [4.78, 5) is 13.1. The summed E-state index contributed by atoms with van der Waals surface area (Å²) in [5.74, 6) is -0.194. The van der Waals surface area contributed by atoms with Gasteiger partial charge in [-0.05, 0) is 103 Å². The Balaban J connectivity index is 2.17. The highest BCUT2D eigenvalue weighted by molar-refractivity contribution is 5.76. The lowest BCUT2D eigenvalue weighted by Gasteiger charge is -2.40. The van der Waals surface area contributed by atoms with Crippen LogP contribution in [0.4, 0.5) is 0 Å². The fraction of sp³-hybridized carbons (Fsp3) is 0.685. The molecule has 9 nitrogen and oxygen atoms in total. The van der Waals surface area contributed by atoms with Gasteiger partial charge in [0.2, 0.25) is 5.91 Å². The van der Waals surface area contributed by atoms with E-state index in [-0.39, 0.29) is 12.5 Å². The number of carbonyl (C=O) groups excluding carboxylic acids is 1. The number of hydrogen-bond donors (Lipinski definition) is 6. The van der Waals surface area contributed by atoms with E-state index in [1.165, 1.54) is 135 Å². The van der Waals surface area contributed by atoms with Crippen LogP contribution >= 0.6 is 0 Å². The third-order valence-electron chi connectivity index (χ3n) is 15.0. The van der Waals surface area contributed by atoms with E-state index < -0.39 is 49.5 Å². The van der Waals surface area contributed by atoms with E-state index in [0.29, 0.717) is 6.42 Å². The van der Waals surface area contributed by atoms with Gasteiger partial charge in [-0.25, -0.2) is 0 Å². The minimum atomic E-state index is -1.58. The highest BCUT2D eigenvalue weighted by atomic mass is 16.7. The summed E-state index contributed by atoms with van der Waals surface area (Å²) in [6.07, 6.45) is 85.4. The van der Waals surface area contributed by atoms with Gasteiger partial charge in [0.1, 0.15) is 24.4 Å². The number of amides is 1. The van der Waals surface area contributed by atoms with E-state index in [1.807, 2.05) is 6.08 Å². The Morgan fingerprint density at radius 3 is 1.17 bits per heavy atom. The number of nitrogens with one attached hydrogen (secondary N) is 1. The molecule has 1 saturated heterocycles. The molecule has 0 aromatic rings. The monoisotopic (exact) mass is 1140 g/mol. The van der Waals surface area contributed by atoms with Crippen molar-refractivity contribution in [3.8, 4) is 0 Å². The molecule has 1 rings (SSSR count). The van der Waals surface area contributed by atoms with E-state index in [4.69, 9.17) is 9.47 Å². The van der Waals surface area contributed by atoms with Crippen molar-refractivity contribution in [3.05, 3.63) is 134 Å². The zero-order valence-corrected chi connectivity index (χ0v) is 52.2. The summed E-state index contributed by atoms with van der Waals surface area (Å²) >= 11 is 0. The lowest BCUT2D eigenvalue weighted by molar-refractivity contribution is -0.302. The summed E-state index contributed by atoms with van der Waals surface area (Å²) in [6.45, 7) is 3.66. The molecule has 0 spiro atoms. The number of carbonyl (C=O) groups is 1. The van der Waals surface area contributed by atoms with E-state index in [2.05, 4.69) is 141 Å². The van der Waals surface area contributed by atoms with E-state index >= 15 is 0 Å². The molecular weight excluding hydrogens is 1020 g/mol. The molecule has 0 bridgehead atoms. The molecule has 0 radical (unpaired) electrons. The predicted octanol–water partition coefficient (Wildman–Crippen LogP) is 18.0. The maximum absolute atomic E-state index is 13.1. The molecule has 1 aliphatic heterocycles. The maximum atomic E-state index is 13.1. The molecule has 9 heteroatoms. The van der Waals surface area contributed by atoms with Crippen molar-refractivity contribution < 1.29 is 39.8 Å². The van der Waals surface area contributed by atoms with Gasteiger partial charge in [-0.3, -0.25) is 4.79 Å². The summed E-state index contributed by atoms with van der Waals surface area (Å²) in [6, 6.07) is -0.833. The van der Waals surface area contributed by atoms with Gasteiger partial charge in [-0.2, -0.15) is 0 Å². The van der Waals surface area contributed by atoms with Crippen LogP contribution in [0.15, 0.2) is 134 Å². The van der Waals surface area contributed by atoms with Crippen molar-refractivity contribution in [2.24, 2.45) is 0 Å². The number of unbranched alkanes of at least 4 members (excludes halogenated alkanes) is 26. The Kier molecular flexibility index (Phi) is 56.3. The normalized spacial score (nSPS) is 19.2. The van der Waals surface area contributed by atoms with E-state index in [9.17, 15) is 30.3 Å². The van der Waals surface area contributed by atoms with Gasteiger partial charge < -0.3 is 40.3 Å². The van der Waals surface area contributed by atoms with Crippen molar-refractivity contribution in [1.29, 1.82) is 0 Å². The van der Waals surface area contributed by atoms with Gasteiger partial charge in [0.15, 0.2) is 6.29 Å². The molecule has 1 aliphatic rings. The van der Waals surface area contributed by atoms with Crippen LogP contribution in [-0.2, 0) is 14.3 Å². The molecule has 0 saturated carbocycles. The quantitative estimate of drug-likeness (QED) is 0.0261. The molecule has 468 valence electrons. The lowest BCUT2D eigenvalue weighted by atomic mass is 9.99. The second-order valence-electron chi connectivity index (χ2n) is 22.5. The van der Waals surface area contributed by atoms with Gasteiger partial charge in [0.25, 0.3) is 0 Å². The summed E-state index contributed by atoms with van der Waals surface area (Å²) in [5, 5.41) is 54.6. The van der Waals surface area contributed by atoms with Crippen LogP contribution in [0.5, 0.6) is 0 Å². The average molecular weight is 1140 g/mol. The highest BCUT2D eigenvalue weighted by Crippen LogP contribution is 2.23. The van der Waals surface area contributed by atoms with E-state index in [1.54, 1.807) is 6.08 Å². The second-order valence-corrected chi connectivity index (χ2v) is 22.5. The zero-order chi connectivity index (χ0) is 59.3. The first-order valence-electron chi connectivity index (χ1n) is 33.4. The number of ether oxygens (including phenoxy) is 2. The zero-order valence-electron chi connectivity index (χ0n) is 52.2. The molecule has 7 unspecified atom stereocenters. The lowest BCUT2D eigenvalue weighted by Crippen LogP contribution is -2.60.